The maximum atomic E-state index is 12.5. The lowest BCUT2D eigenvalue weighted by atomic mass is 10.0. The zero-order valence-corrected chi connectivity index (χ0v) is 10.7. The molecule has 1 aromatic carbocycles. The third-order valence-electron chi connectivity index (χ3n) is 2.44. The molecule has 18 heavy (non-hydrogen) atoms. The normalized spacial score (nSPS) is 14.6. The van der Waals surface area contributed by atoms with Crippen molar-refractivity contribution in [3.8, 4) is 5.75 Å². The molecular formula is C11H15ClF3NO2. The molecule has 2 atom stereocenters. The first-order valence-electron chi connectivity index (χ1n) is 4.96. The number of rotatable bonds is 3. The summed E-state index contributed by atoms with van der Waals surface area (Å²) in [7, 11) is 1.26. The number of alkyl halides is 3. The monoisotopic (exact) mass is 285 g/mol. The van der Waals surface area contributed by atoms with E-state index in [1.165, 1.54) is 20.1 Å². The third kappa shape index (κ3) is 3.76. The minimum atomic E-state index is -4.43. The Morgan fingerprint density at radius 3 is 2.28 bits per heavy atom. The predicted molar refractivity (Wildman–Crippen MR) is 63.9 cm³/mol. The highest BCUT2D eigenvalue weighted by Crippen LogP contribution is 2.35. The van der Waals surface area contributed by atoms with Crippen molar-refractivity contribution in [3.05, 3.63) is 29.3 Å². The van der Waals surface area contributed by atoms with Crippen LogP contribution >= 0.6 is 12.4 Å². The number of halogens is 4. The highest BCUT2D eigenvalue weighted by molar-refractivity contribution is 5.85. The minimum Gasteiger partial charge on any atom is -0.496 e. The van der Waals surface area contributed by atoms with Gasteiger partial charge in [0.1, 0.15) is 5.75 Å². The number of aliphatic hydroxyl groups excluding tert-OH is 1. The zero-order valence-electron chi connectivity index (χ0n) is 9.86. The number of hydrogen-bond donors (Lipinski definition) is 2. The van der Waals surface area contributed by atoms with Crippen molar-refractivity contribution in [3.63, 3.8) is 0 Å². The number of benzene rings is 1. The molecule has 3 nitrogen and oxygen atoms in total. The van der Waals surface area contributed by atoms with E-state index in [1.54, 1.807) is 0 Å². The number of hydrogen-bond acceptors (Lipinski definition) is 3. The standard InChI is InChI=1S/C11H14F3NO2.ClH/c1-6(16)10(15)8-4-3-7(11(12,13)14)5-9(8)17-2;/h3-6,10,16H,15H2,1-2H3;1H/t6-,10-;/m1./s1. The molecule has 7 heteroatoms. The first-order valence-corrected chi connectivity index (χ1v) is 4.96. The Hall–Kier alpha value is -0.980. The largest absolute Gasteiger partial charge is 0.496 e. The van der Waals surface area contributed by atoms with Crippen LogP contribution in [0.3, 0.4) is 0 Å². The summed E-state index contributed by atoms with van der Waals surface area (Å²) < 4.78 is 42.2. The van der Waals surface area contributed by atoms with E-state index >= 15 is 0 Å². The van der Waals surface area contributed by atoms with Crippen LogP contribution in [0.15, 0.2) is 18.2 Å². The molecule has 3 N–H and O–H groups in total. The Labute approximate surface area is 109 Å². The van der Waals surface area contributed by atoms with Gasteiger partial charge in [0.2, 0.25) is 0 Å². The molecule has 0 aromatic heterocycles. The van der Waals surface area contributed by atoms with Gasteiger partial charge < -0.3 is 15.6 Å². The van der Waals surface area contributed by atoms with E-state index in [1.807, 2.05) is 0 Å². The van der Waals surface area contributed by atoms with Gasteiger partial charge in [0.25, 0.3) is 0 Å². The first kappa shape index (κ1) is 17.0. The van der Waals surface area contributed by atoms with Crippen LogP contribution in [0.5, 0.6) is 5.75 Å². The Morgan fingerprint density at radius 2 is 1.89 bits per heavy atom. The van der Waals surface area contributed by atoms with Crippen LogP contribution in [0.2, 0.25) is 0 Å². The highest BCUT2D eigenvalue weighted by Gasteiger charge is 2.32. The summed E-state index contributed by atoms with van der Waals surface area (Å²) in [5.41, 5.74) is 5.20. The van der Waals surface area contributed by atoms with E-state index in [2.05, 4.69) is 0 Å². The molecule has 0 heterocycles. The van der Waals surface area contributed by atoms with Gasteiger partial charge >= 0.3 is 6.18 Å². The molecule has 0 amide bonds. The van der Waals surface area contributed by atoms with Crippen molar-refractivity contribution in [1.29, 1.82) is 0 Å². The molecule has 0 spiro atoms. The Kier molecular flexibility index (Phi) is 5.92. The quantitative estimate of drug-likeness (QED) is 0.897. The summed E-state index contributed by atoms with van der Waals surface area (Å²) in [5, 5.41) is 9.32. The summed E-state index contributed by atoms with van der Waals surface area (Å²) in [6.07, 6.45) is -5.30. The van der Waals surface area contributed by atoms with Crippen molar-refractivity contribution < 1.29 is 23.0 Å². The molecule has 0 bridgehead atoms. The van der Waals surface area contributed by atoms with Crippen LogP contribution in [0, 0.1) is 0 Å². The molecule has 0 aliphatic heterocycles. The van der Waals surface area contributed by atoms with Gasteiger partial charge in [0.15, 0.2) is 0 Å². The fourth-order valence-corrected chi connectivity index (χ4v) is 1.42. The van der Waals surface area contributed by atoms with Gasteiger partial charge in [-0.25, -0.2) is 0 Å². The zero-order chi connectivity index (χ0) is 13.2. The molecule has 0 fully saturated rings. The second-order valence-electron chi connectivity index (χ2n) is 3.72. The van der Waals surface area contributed by atoms with Gasteiger partial charge in [-0.15, -0.1) is 12.4 Å². The third-order valence-corrected chi connectivity index (χ3v) is 2.44. The minimum absolute atomic E-state index is 0. The van der Waals surface area contributed by atoms with Crippen LogP contribution in [-0.4, -0.2) is 18.3 Å². The lowest BCUT2D eigenvalue weighted by Crippen LogP contribution is -2.24. The maximum absolute atomic E-state index is 12.5. The summed E-state index contributed by atoms with van der Waals surface area (Å²) in [6.45, 7) is 1.46. The summed E-state index contributed by atoms with van der Waals surface area (Å²) >= 11 is 0. The topological polar surface area (TPSA) is 55.5 Å². The lowest BCUT2D eigenvalue weighted by molar-refractivity contribution is -0.137. The van der Waals surface area contributed by atoms with Crippen molar-refractivity contribution in [2.75, 3.05) is 7.11 Å². The average molecular weight is 286 g/mol. The summed E-state index contributed by atoms with van der Waals surface area (Å²) in [4.78, 5) is 0. The van der Waals surface area contributed by atoms with Crippen molar-refractivity contribution in [1.82, 2.24) is 0 Å². The fraction of sp³-hybridized carbons (Fsp3) is 0.455. The van der Waals surface area contributed by atoms with Crippen LogP contribution < -0.4 is 10.5 Å². The van der Waals surface area contributed by atoms with E-state index in [0.717, 1.165) is 12.1 Å². The van der Waals surface area contributed by atoms with E-state index < -0.39 is 23.9 Å². The Bertz CT molecular complexity index is 396. The van der Waals surface area contributed by atoms with Crippen LogP contribution in [0.1, 0.15) is 24.1 Å². The van der Waals surface area contributed by atoms with Gasteiger partial charge in [-0.3, -0.25) is 0 Å². The fourth-order valence-electron chi connectivity index (χ4n) is 1.42. The number of ether oxygens (including phenoxy) is 1. The molecule has 0 aliphatic rings. The van der Waals surface area contributed by atoms with Gasteiger partial charge in [-0.05, 0) is 19.1 Å². The van der Waals surface area contributed by atoms with Gasteiger partial charge in [0, 0.05) is 5.56 Å². The Morgan fingerprint density at radius 1 is 1.33 bits per heavy atom. The average Bonchev–Trinajstić information content (AvgIpc) is 2.25. The SMILES string of the molecule is COc1cc(C(F)(F)F)ccc1[C@H](N)[C@@H](C)O.Cl. The second-order valence-corrected chi connectivity index (χ2v) is 3.72. The van der Waals surface area contributed by atoms with E-state index in [9.17, 15) is 18.3 Å². The van der Waals surface area contributed by atoms with Crippen molar-refractivity contribution in [2.45, 2.75) is 25.2 Å². The van der Waals surface area contributed by atoms with Gasteiger partial charge in [-0.1, -0.05) is 6.07 Å². The lowest BCUT2D eigenvalue weighted by Gasteiger charge is -2.19. The summed E-state index contributed by atoms with van der Waals surface area (Å²) in [6, 6.07) is 2.23. The molecule has 1 rings (SSSR count). The molecule has 0 saturated carbocycles. The molecule has 1 aromatic rings. The van der Waals surface area contributed by atoms with Crippen LogP contribution in [0.4, 0.5) is 13.2 Å². The molecule has 0 aliphatic carbocycles. The Balaban J connectivity index is 0.00000289. The predicted octanol–water partition coefficient (Wildman–Crippen LogP) is 2.52. The highest BCUT2D eigenvalue weighted by atomic mass is 35.5. The molecule has 0 radical (unpaired) electrons. The maximum Gasteiger partial charge on any atom is 0.416 e. The van der Waals surface area contributed by atoms with Gasteiger partial charge in [0.05, 0.1) is 24.8 Å². The first-order chi connectivity index (χ1) is 7.77. The number of nitrogens with two attached hydrogens (primary N) is 1. The number of methoxy groups -OCH3 is 1. The van der Waals surface area contributed by atoms with Crippen molar-refractivity contribution in [2.24, 2.45) is 5.73 Å². The number of aliphatic hydroxyl groups is 1. The van der Waals surface area contributed by atoms with Crippen molar-refractivity contribution >= 4 is 12.4 Å². The van der Waals surface area contributed by atoms with Crippen LogP contribution in [0.25, 0.3) is 0 Å². The summed E-state index contributed by atoms with van der Waals surface area (Å²) in [5.74, 6) is 0.0215. The molecule has 0 saturated heterocycles. The smallest absolute Gasteiger partial charge is 0.416 e. The van der Waals surface area contributed by atoms with E-state index in [4.69, 9.17) is 10.5 Å². The van der Waals surface area contributed by atoms with E-state index in [-0.39, 0.29) is 18.2 Å². The van der Waals surface area contributed by atoms with Gasteiger partial charge in [-0.2, -0.15) is 13.2 Å². The molecule has 0 unspecified atom stereocenters. The second kappa shape index (κ2) is 6.26. The molecular weight excluding hydrogens is 271 g/mol. The van der Waals surface area contributed by atoms with Crippen LogP contribution in [-0.2, 0) is 6.18 Å². The molecule has 104 valence electrons. The van der Waals surface area contributed by atoms with E-state index in [0.29, 0.717) is 5.56 Å².